The molecule has 1 heterocycles. The summed E-state index contributed by atoms with van der Waals surface area (Å²) in [4.78, 5) is 10.9. The van der Waals surface area contributed by atoms with Gasteiger partial charge >= 0.3 is 0 Å². The molecule has 0 saturated carbocycles. The Morgan fingerprint density at radius 2 is 2.38 bits per heavy atom. The lowest BCUT2D eigenvalue weighted by Gasteiger charge is -2.18. The minimum atomic E-state index is -0.0523. The van der Waals surface area contributed by atoms with E-state index in [2.05, 4.69) is 5.32 Å². The average molecular weight is 218 g/mol. The smallest absolute Gasteiger partial charge is 0.217 e. The number of ether oxygens (including phenoxy) is 1. The molecule has 2 rings (SSSR count). The van der Waals surface area contributed by atoms with Gasteiger partial charge in [0.05, 0.1) is 6.26 Å². The second-order valence-electron chi connectivity index (χ2n) is 3.78. The third-order valence-electron chi connectivity index (χ3n) is 2.47. The van der Waals surface area contributed by atoms with E-state index in [1.54, 1.807) is 6.26 Å². The maximum atomic E-state index is 10.9. The van der Waals surface area contributed by atoms with Crippen molar-refractivity contribution in [1.29, 1.82) is 0 Å². The molecular formula is C12H14N2O2. The fourth-order valence-corrected chi connectivity index (χ4v) is 1.70. The summed E-state index contributed by atoms with van der Waals surface area (Å²) in [7, 11) is 0. The van der Waals surface area contributed by atoms with Crippen LogP contribution < -0.4 is 11.1 Å². The number of carbonyl (C=O) groups is 1. The topological polar surface area (TPSA) is 64.3 Å². The first kappa shape index (κ1) is 10.5. The molecule has 3 N–H and O–H groups in total. The van der Waals surface area contributed by atoms with Crippen LogP contribution in [0, 0.1) is 0 Å². The van der Waals surface area contributed by atoms with Crippen LogP contribution in [-0.2, 0) is 16.1 Å². The van der Waals surface area contributed by atoms with Gasteiger partial charge in [-0.05, 0) is 23.3 Å². The molecule has 0 aliphatic carbocycles. The minimum Gasteiger partial charge on any atom is -0.496 e. The van der Waals surface area contributed by atoms with Crippen LogP contribution in [-0.4, -0.2) is 12.5 Å². The second kappa shape index (κ2) is 4.26. The average Bonchev–Trinajstić information content (AvgIpc) is 2.25. The van der Waals surface area contributed by atoms with E-state index in [1.165, 1.54) is 6.92 Å². The van der Waals surface area contributed by atoms with E-state index >= 15 is 0 Å². The summed E-state index contributed by atoms with van der Waals surface area (Å²) in [6, 6.07) is 5.71. The fourth-order valence-electron chi connectivity index (χ4n) is 1.70. The van der Waals surface area contributed by atoms with Crippen molar-refractivity contribution < 1.29 is 9.53 Å². The predicted molar refractivity (Wildman–Crippen MR) is 62.3 cm³/mol. The third-order valence-corrected chi connectivity index (χ3v) is 2.47. The number of anilines is 1. The molecule has 0 spiro atoms. The number of amides is 1. The Labute approximate surface area is 94.1 Å². The summed E-state index contributed by atoms with van der Waals surface area (Å²) in [6.45, 7) is 2.50. The molecule has 4 nitrogen and oxygen atoms in total. The van der Waals surface area contributed by atoms with E-state index < -0.39 is 0 Å². The summed E-state index contributed by atoms with van der Waals surface area (Å²) >= 11 is 0. The predicted octanol–water partition coefficient (Wildman–Crippen LogP) is 1.28. The Morgan fingerprint density at radius 3 is 3.12 bits per heavy atom. The van der Waals surface area contributed by atoms with E-state index in [4.69, 9.17) is 10.5 Å². The van der Waals surface area contributed by atoms with Gasteiger partial charge in [0.2, 0.25) is 5.91 Å². The highest BCUT2D eigenvalue weighted by Gasteiger charge is 2.13. The summed E-state index contributed by atoms with van der Waals surface area (Å²) in [6.07, 6.45) is 1.69. The Morgan fingerprint density at radius 1 is 1.56 bits per heavy atom. The van der Waals surface area contributed by atoms with Crippen molar-refractivity contribution >= 4 is 17.2 Å². The quantitative estimate of drug-likeness (QED) is 0.735. The zero-order valence-electron chi connectivity index (χ0n) is 9.12. The number of nitrogens with one attached hydrogen (secondary N) is 1. The molecule has 0 radical (unpaired) electrons. The second-order valence-corrected chi connectivity index (χ2v) is 3.78. The molecular weight excluding hydrogens is 204 g/mol. The molecule has 0 saturated heterocycles. The van der Waals surface area contributed by atoms with E-state index in [-0.39, 0.29) is 5.91 Å². The Kier molecular flexibility index (Phi) is 2.81. The number of nitrogens with two attached hydrogens (primary N) is 1. The van der Waals surface area contributed by atoms with Gasteiger partial charge in [0.25, 0.3) is 0 Å². The number of rotatable bonds is 2. The molecule has 84 valence electrons. The minimum absolute atomic E-state index is 0.0523. The van der Waals surface area contributed by atoms with Crippen molar-refractivity contribution in [3.05, 3.63) is 35.6 Å². The molecule has 1 aliphatic rings. The summed E-state index contributed by atoms with van der Waals surface area (Å²) in [5, 5.41) is 2.75. The molecule has 1 aromatic carbocycles. The molecule has 16 heavy (non-hydrogen) atoms. The first-order valence-electron chi connectivity index (χ1n) is 5.10. The first-order valence-corrected chi connectivity index (χ1v) is 5.10. The summed E-state index contributed by atoms with van der Waals surface area (Å²) in [5.41, 5.74) is 9.55. The molecule has 0 aromatic heterocycles. The number of fused-ring (bicyclic) bond motifs is 1. The number of hydrogen-bond acceptors (Lipinski definition) is 3. The third kappa shape index (κ3) is 2.16. The van der Waals surface area contributed by atoms with E-state index in [0.29, 0.717) is 13.2 Å². The maximum absolute atomic E-state index is 10.9. The lowest BCUT2D eigenvalue weighted by Crippen LogP contribution is -2.23. The SMILES string of the molecule is CC(=O)NCC1=COCc2cc(N)ccc21. The molecule has 1 amide bonds. The lowest BCUT2D eigenvalue weighted by molar-refractivity contribution is -0.118. The van der Waals surface area contributed by atoms with Gasteiger partial charge < -0.3 is 15.8 Å². The molecule has 4 heteroatoms. The van der Waals surface area contributed by atoms with Crippen LogP contribution in [0.3, 0.4) is 0 Å². The van der Waals surface area contributed by atoms with Crippen LogP contribution in [0.1, 0.15) is 18.1 Å². The standard InChI is InChI=1S/C12H14N2O2/c1-8(15)14-5-10-7-16-6-9-4-11(13)2-3-12(9)10/h2-4,7H,5-6,13H2,1H3,(H,14,15). The van der Waals surface area contributed by atoms with Crippen molar-refractivity contribution in [2.24, 2.45) is 0 Å². The maximum Gasteiger partial charge on any atom is 0.217 e. The van der Waals surface area contributed by atoms with Crippen molar-refractivity contribution in [1.82, 2.24) is 5.32 Å². The summed E-state index contributed by atoms with van der Waals surface area (Å²) < 4.78 is 5.33. The van der Waals surface area contributed by atoms with Gasteiger partial charge in [-0.1, -0.05) is 6.07 Å². The van der Waals surface area contributed by atoms with Gasteiger partial charge in [-0.3, -0.25) is 4.79 Å². The molecule has 1 aliphatic heterocycles. The van der Waals surface area contributed by atoms with Crippen LogP contribution >= 0.6 is 0 Å². The van der Waals surface area contributed by atoms with Crippen molar-refractivity contribution in [2.75, 3.05) is 12.3 Å². The number of hydrogen-bond donors (Lipinski definition) is 2. The molecule has 0 bridgehead atoms. The van der Waals surface area contributed by atoms with Gasteiger partial charge in [0, 0.05) is 24.7 Å². The molecule has 0 atom stereocenters. The van der Waals surface area contributed by atoms with E-state index in [0.717, 1.165) is 22.4 Å². The largest absolute Gasteiger partial charge is 0.496 e. The molecule has 1 aromatic rings. The van der Waals surface area contributed by atoms with E-state index in [1.807, 2.05) is 18.2 Å². The fraction of sp³-hybridized carbons (Fsp3) is 0.250. The molecule has 0 unspecified atom stereocenters. The zero-order valence-corrected chi connectivity index (χ0v) is 9.12. The van der Waals surface area contributed by atoms with Gasteiger partial charge in [-0.15, -0.1) is 0 Å². The van der Waals surface area contributed by atoms with Crippen molar-refractivity contribution in [2.45, 2.75) is 13.5 Å². The van der Waals surface area contributed by atoms with E-state index in [9.17, 15) is 4.79 Å². The Balaban J connectivity index is 2.23. The highest BCUT2D eigenvalue weighted by atomic mass is 16.5. The number of carbonyl (C=O) groups excluding carboxylic acids is 1. The molecule has 0 fully saturated rings. The Hall–Kier alpha value is -1.97. The van der Waals surface area contributed by atoms with Gasteiger partial charge in [0.1, 0.15) is 6.61 Å². The Bertz CT molecular complexity index is 452. The van der Waals surface area contributed by atoms with Crippen molar-refractivity contribution in [3.63, 3.8) is 0 Å². The van der Waals surface area contributed by atoms with Crippen molar-refractivity contribution in [3.8, 4) is 0 Å². The van der Waals surface area contributed by atoms with Crippen LogP contribution in [0.25, 0.3) is 5.57 Å². The number of nitrogen functional groups attached to an aromatic ring is 1. The first-order chi connectivity index (χ1) is 7.66. The van der Waals surface area contributed by atoms with Crippen LogP contribution in [0.15, 0.2) is 24.5 Å². The normalized spacial score (nSPS) is 13.4. The lowest BCUT2D eigenvalue weighted by atomic mass is 9.99. The van der Waals surface area contributed by atoms with Crippen LogP contribution in [0.4, 0.5) is 5.69 Å². The summed E-state index contributed by atoms with van der Waals surface area (Å²) in [5.74, 6) is -0.0523. The zero-order chi connectivity index (χ0) is 11.5. The van der Waals surface area contributed by atoms with Crippen LogP contribution in [0.2, 0.25) is 0 Å². The highest BCUT2D eigenvalue weighted by Crippen LogP contribution is 2.26. The van der Waals surface area contributed by atoms with Gasteiger partial charge in [-0.2, -0.15) is 0 Å². The van der Waals surface area contributed by atoms with Gasteiger partial charge in [0.15, 0.2) is 0 Å². The highest BCUT2D eigenvalue weighted by molar-refractivity contribution is 5.78. The number of benzene rings is 1. The van der Waals surface area contributed by atoms with Crippen LogP contribution in [0.5, 0.6) is 0 Å². The monoisotopic (exact) mass is 218 g/mol. The van der Waals surface area contributed by atoms with Gasteiger partial charge in [-0.25, -0.2) is 0 Å².